The fourth-order valence-electron chi connectivity index (χ4n) is 3.43. The van der Waals surface area contributed by atoms with E-state index in [-0.39, 0.29) is 11.3 Å². The number of nitrogens with one attached hydrogen (secondary N) is 1. The van der Waals surface area contributed by atoms with Crippen LogP contribution in [0.2, 0.25) is 0 Å². The average Bonchev–Trinajstić information content (AvgIpc) is 2.87. The van der Waals surface area contributed by atoms with Gasteiger partial charge in [0.15, 0.2) is 0 Å². The van der Waals surface area contributed by atoms with Crippen molar-refractivity contribution < 1.29 is 4.79 Å². The van der Waals surface area contributed by atoms with E-state index >= 15 is 0 Å². The molecule has 3 N–H and O–H groups in total. The van der Waals surface area contributed by atoms with E-state index in [1.165, 1.54) is 32.1 Å². The Hall–Kier alpha value is -0.610. The van der Waals surface area contributed by atoms with Crippen molar-refractivity contribution in [1.29, 1.82) is 0 Å². The number of likely N-dealkylation sites (N-methyl/N-ethyl adjacent to an activating group) is 1. The standard InChI is InChI=1S/C15H29N3O/c1-18(13-5-2-3-6-13)10-9-17-14(19)11-15(12-16)7-4-8-15/h13H,2-12,16H2,1H3,(H,17,19). The summed E-state index contributed by atoms with van der Waals surface area (Å²) in [5.41, 5.74) is 5.91. The lowest BCUT2D eigenvalue weighted by Gasteiger charge is -2.40. The van der Waals surface area contributed by atoms with Crippen molar-refractivity contribution in [3.05, 3.63) is 0 Å². The number of carbonyl (C=O) groups is 1. The first kappa shape index (κ1) is 14.8. The summed E-state index contributed by atoms with van der Waals surface area (Å²) in [4.78, 5) is 14.3. The van der Waals surface area contributed by atoms with Gasteiger partial charge in [0.2, 0.25) is 5.91 Å². The van der Waals surface area contributed by atoms with Gasteiger partial charge >= 0.3 is 0 Å². The van der Waals surface area contributed by atoms with Crippen LogP contribution in [0.15, 0.2) is 0 Å². The quantitative estimate of drug-likeness (QED) is 0.735. The van der Waals surface area contributed by atoms with Gasteiger partial charge in [-0.15, -0.1) is 0 Å². The van der Waals surface area contributed by atoms with Crippen molar-refractivity contribution in [3.63, 3.8) is 0 Å². The van der Waals surface area contributed by atoms with Gasteiger partial charge < -0.3 is 16.0 Å². The molecule has 0 heterocycles. The Balaban J connectivity index is 1.60. The molecule has 2 saturated carbocycles. The maximum Gasteiger partial charge on any atom is 0.220 e. The van der Waals surface area contributed by atoms with E-state index in [1.54, 1.807) is 0 Å². The van der Waals surface area contributed by atoms with Crippen LogP contribution >= 0.6 is 0 Å². The zero-order valence-corrected chi connectivity index (χ0v) is 12.3. The van der Waals surface area contributed by atoms with Crippen LogP contribution in [-0.2, 0) is 4.79 Å². The molecule has 0 aromatic heterocycles. The number of nitrogens with zero attached hydrogens (tertiary/aromatic N) is 1. The molecule has 2 rings (SSSR count). The summed E-state index contributed by atoms with van der Waals surface area (Å²) in [5.74, 6) is 0.185. The first-order valence-corrected chi connectivity index (χ1v) is 7.82. The highest BCUT2D eigenvalue weighted by molar-refractivity contribution is 5.76. The average molecular weight is 267 g/mol. The van der Waals surface area contributed by atoms with Crippen molar-refractivity contribution in [2.24, 2.45) is 11.1 Å². The van der Waals surface area contributed by atoms with Crippen LogP contribution in [0.1, 0.15) is 51.4 Å². The van der Waals surface area contributed by atoms with E-state index in [9.17, 15) is 4.79 Å². The summed E-state index contributed by atoms with van der Waals surface area (Å²) >= 11 is 0. The molecule has 4 heteroatoms. The summed E-state index contributed by atoms with van der Waals surface area (Å²) in [6.07, 6.45) is 9.46. The summed E-state index contributed by atoms with van der Waals surface area (Å²) in [7, 11) is 2.18. The molecule has 2 aliphatic carbocycles. The Morgan fingerprint density at radius 3 is 2.53 bits per heavy atom. The molecule has 2 aliphatic rings. The molecule has 110 valence electrons. The van der Waals surface area contributed by atoms with Crippen LogP contribution in [0, 0.1) is 5.41 Å². The molecule has 0 spiro atoms. The first-order chi connectivity index (χ1) is 9.15. The maximum absolute atomic E-state index is 11.9. The number of nitrogens with two attached hydrogens (primary N) is 1. The summed E-state index contributed by atoms with van der Waals surface area (Å²) < 4.78 is 0. The predicted octanol–water partition coefficient (Wildman–Crippen LogP) is 1.50. The minimum atomic E-state index is 0.126. The van der Waals surface area contributed by atoms with Gasteiger partial charge in [-0.25, -0.2) is 0 Å². The lowest BCUT2D eigenvalue weighted by Crippen LogP contribution is -2.43. The molecule has 0 aliphatic heterocycles. The molecule has 0 aromatic carbocycles. The molecule has 2 fully saturated rings. The van der Waals surface area contributed by atoms with E-state index in [1.807, 2.05) is 0 Å². The van der Waals surface area contributed by atoms with Gasteiger partial charge in [-0.3, -0.25) is 4.79 Å². The topological polar surface area (TPSA) is 58.4 Å². The Bertz CT molecular complexity index is 290. The maximum atomic E-state index is 11.9. The smallest absolute Gasteiger partial charge is 0.220 e. The summed E-state index contributed by atoms with van der Waals surface area (Å²) in [6, 6.07) is 0.735. The van der Waals surface area contributed by atoms with Crippen LogP contribution in [-0.4, -0.2) is 43.5 Å². The second kappa shape index (κ2) is 6.71. The summed E-state index contributed by atoms with van der Waals surface area (Å²) in [6.45, 7) is 2.39. The Kier molecular flexibility index (Phi) is 5.22. The second-order valence-corrected chi connectivity index (χ2v) is 6.50. The Morgan fingerprint density at radius 1 is 1.32 bits per heavy atom. The molecule has 0 aromatic rings. The number of hydrogen-bond donors (Lipinski definition) is 2. The van der Waals surface area contributed by atoms with E-state index in [4.69, 9.17) is 5.73 Å². The van der Waals surface area contributed by atoms with Gasteiger partial charge in [-0.1, -0.05) is 19.3 Å². The fourth-order valence-corrected chi connectivity index (χ4v) is 3.43. The van der Waals surface area contributed by atoms with Crippen molar-refractivity contribution in [3.8, 4) is 0 Å². The van der Waals surface area contributed by atoms with Gasteiger partial charge in [0.05, 0.1) is 0 Å². The lowest BCUT2D eigenvalue weighted by atomic mass is 9.66. The molecule has 0 unspecified atom stereocenters. The van der Waals surface area contributed by atoms with Crippen molar-refractivity contribution in [2.75, 3.05) is 26.7 Å². The first-order valence-electron chi connectivity index (χ1n) is 7.82. The van der Waals surface area contributed by atoms with Gasteiger partial charge in [-0.05, 0) is 44.7 Å². The summed E-state index contributed by atoms with van der Waals surface area (Å²) in [5, 5.41) is 3.06. The van der Waals surface area contributed by atoms with Crippen LogP contribution < -0.4 is 11.1 Å². The molecule has 19 heavy (non-hydrogen) atoms. The Labute approximate surface area is 117 Å². The molecule has 0 bridgehead atoms. The van der Waals surface area contributed by atoms with Crippen molar-refractivity contribution >= 4 is 5.91 Å². The van der Waals surface area contributed by atoms with E-state index in [0.717, 1.165) is 32.0 Å². The van der Waals surface area contributed by atoms with Crippen molar-refractivity contribution in [1.82, 2.24) is 10.2 Å². The second-order valence-electron chi connectivity index (χ2n) is 6.50. The number of carbonyl (C=O) groups excluding carboxylic acids is 1. The highest BCUT2D eigenvalue weighted by Crippen LogP contribution is 2.42. The Morgan fingerprint density at radius 2 is 2.00 bits per heavy atom. The minimum absolute atomic E-state index is 0.126. The van der Waals surface area contributed by atoms with Gasteiger partial charge in [0, 0.05) is 25.6 Å². The van der Waals surface area contributed by atoms with Crippen molar-refractivity contribution in [2.45, 2.75) is 57.4 Å². The third kappa shape index (κ3) is 3.93. The van der Waals surface area contributed by atoms with Gasteiger partial charge in [0.1, 0.15) is 0 Å². The monoisotopic (exact) mass is 267 g/mol. The SMILES string of the molecule is CN(CCNC(=O)CC1(CN)CCC1)C1CCCC1. The van der Waals surface area contributed by atoms with Gasteiger partial charge in [-0.2, -0.15) is 0 Å². The lowest BCUT2D eigenvalue weighted by molar-refractivity contribution is -0.124. The largest absolute Gasteiger partial charge is 0.355 e. The zero-order valence-electron chi connectivity index (χ0n) is 12.3. The minimum Gasteiger partial charge on any atom is -0.355 e. The van der Waals surface area contributed by atoms with Gasteiger partial charge in [0.25, 0.3) is 0 Å². The number of rotatable bonds is 7. The number of hydrogen-bond acceptors (Lipinski definition) is 3. The van der Waals surface area contributed by atoms with Crippen LogP contribution in [0.3, 0.4) is 0 Å². The zero-order chi connectivity index (χ0) is 13.7. The van der Waals surface area contributed by atoms with Crippen LogP contribution in [0.4, 0.5) is 0 Å². The van der Waals surface area contributed by atoms with E-state index in [0.29, 0.717) is 13.0 Å². The third-order valence-corrected chi connectivity index (χ3v) is 5.12. The highest BCUT2D eigenvalue weighted by Gasteiger charge is 2.37. The molecule has 0 radical (unpaired) electrons. The molecule has 4 nitrogen and oxygen atoms in total. The molecular weight excluding hydrogens is 238 g/mol. The van der Waals surface area contributed by atoms with Crippen LogP contribution in [0.25, 0.3) is 0 Å². The molecule has 0 saturated heterocycles. The predicted molar refractivity (Wildman–Crippen MR) is 77.9 cm³/mol. The molecule has 0 atom stereocenters. The highest BCUT2D eigenvalue weighted by atomic mass is 16.1. The fraction of sp³-hybridized carbons (Fsp3) is 0.933. The third-order valence-electron chi connectivity index (χ3n) is 5.12. The molecular formula is C15H29N3O. The molecule has 1 amide bonds. The number of amides is 1. The van der Waals surface area contributed by atoms with E-state index < -0.39 is 0 Å². The van der Waals surface area contributed by atoms with Crippen LogP contribution in [0.5, 0.6) is 0 Å². The normalized spacial score (nSPS) is 22.5. The van der Waals surface area contributed by atoms with E-state index in [2.05, 4.69) is 17.3 Å².